The minimum absolute atomic E-state index is 0.0693. The van der Waals surface area contributed by atoms with E-state index in [4.69, 9.17) is 5.11 Å². The Labute approximate surface area is 109 Å². The number of aliphatic carboxylic acids is 1. The zero-order valence-corrected chi connectivity index (χ0v) is 11.2. The SMILES string of the molecule is CCNC(=O)CN(C)C(=O)N1CSCC1C(=O)O. The van der Waals surface area contributed by atoms with Crippen LogP contribution in [0, 0.1) is 0 Å². The summed E-state index contributed by atoms with van der Waals surface area (Å²) in [5.41, 5.74) is 0. The first kappa shape index (κ1) is 14.6. The summed E-state index contributed by atoms with van der Waals surface area (Å²) in [7, 11) is 1.49. The van der Waals surface area contributed by atoms with Gasteiger partial charge in [0.1, 0.15) is 12.6 Å². The maximum Gasteiger partial charge on any atom is 0.327 e. The van der Waals surface area contributed by atoms with Crippen LogP contribution in [0.1, 0.15) is 6.92 Å². The number of carbonyl (C=O) groups is 3. The molecule has 1 rings (SSSR count). The monoisotopic (exact) mass is 275 g/mol. The van der Waals surface area contributed by atoms with Gasteiger partial charge in [0.2, 0.25) is 5.91 Å². The number of rotatable bonds is 4. The average molecular weight is 275 g/mol. The molecule has 7 nitrogen and oxygen atoms in total. The van der Waals surface area contributed by atoms with Crippen molar-refractivity contribution in [1.82, 2.24) is 15.1 Å². The number of carboxylic acid groups (broad SMARTS) is 1. The Balaban J connectivity index is 2.57. The van der Waals surface area contributed by atoms with Crippen LogP contribution in [0.3, 0.4) is 0 Å². The number of nitrogens with one attached hydrogen (secondary N) is 1. The van der Waals surface area contributed by atoms with E-state index in [1.54, 1.807) is 6.92 Å². The molecule has 0 aromatic carbocycles. The molecule has 3 amide bonds. The molecular weight excluding hydrogens is 258 g/mol. The van der Waals surface area contributed by atoms with E-state index < -0.39 is 18.0 Å². The van der Waals surface area contributed by atoms with Crippen molar-refractivity contribution in [2.75, 3.05) is 31.8 Å². The highest BCUT2D eigenvalue weighted by atomic mass is 32.2. The van der Waals surface area contributed by atoms with E-state index in [-0.39, 0.29) is 12.5 Å². The van der Waals surface area contributed by atoms with Crippen LogP contribution < -0.4 is 5.32 Å². The molecule has 1 aliphatic rings. The van der Waals surface area contributed by atoms with Crippen LogP contribution in [0.5, 0.6) is 0 Å². The molecule has 1 aliphatic heterocycles. The number of hydrogen-bond donors (Lipinski definition) is 2. The predicted molar refractivity (Wildman–Crippen MR) is 67.3 cm³/mol. The molecule has 2 N–H and O–H groups in total. The van der Waals surface area contributed by atoms with Crippen LogP contribution in [-0.4, -0.2) is 70.6 Å². The van der Waals surface area contributed by atoms with Crippen LogP contribution >= 0.6 is 11.8 Å². The summed E-state index contributed by atoms with van der Waals surface area (Å²) in [6, 6.07) is -1.24. The van der Waals surface area contributed by atoms with Gasteiger partial charge in [-0.1, -0.05) is 0 Å². The maximum atomic E-state index is 12.0. The highest BCUT2D eigenvalue weighted by molar-refractivity contribution is 7.99. The molecule has 8 heteroatoms. The highest BCUT2D eigenvalue weighted by Crippen LogP contribution is 2.22. The smallest absolute Gasteiger partial charge is 0.327 e. The van der Waals surface area contributed by atoms with Crippen molar-refractivity contribution in [2.45, 2.75) is 13.0 Å². The van der Waals surface area contributed by atoms with Gasteiger partial charge in [-0.15, -0.1) is 11.8 Å². The van der Waals surface area contributed by atoms with Gasteiger partial charge in [0, 0.05) is 19.3 Å². The number of likely N-dealkylation sites (N-methyl/N-ethyl adjacent to an activating group) is 2. The fraction of sp³-hybridized carbons (Fsp3) is 0.700. The topological polar surface area (TPSA) is 90.0 Å². The number of thioether (sulfide) groups is 1. The number of urea groups is 1. The quantitative estimate of drug-likeness (QED) is 0.731. The fourth-order valence-electron chi connectivity index (χ4n) is 1.59. The first-order chi connectivity index (χ1) is 8.47. The van der Waals surface area contributed by atoms with Crippen molar-refractivity contribution >= 4 is 29.7 Å². The molecule has 102 valence electrons. The Morgan fingerprint density at radius 3 is 2.72 bits per heavy atom. The molecule has 1 unspecified atom stereocenters. The number of hydrogen-bond acceptors (Lipinski definition) is 4. The van der Waals surface area contributed by atoms with Crippen LogP contribution in [0.25, 0.3) is 0 Å². The Kier molecular flexibility index (Phi) is 5.26. The Morgan fingerprint density at radius 1 is 1.50 bits per heavy atom. The molecule has 1 fully saturated rings. The standard InChI is InChI=1S/C10H17N3O4S/c1-3-11-8(14)4-12(2)10(17)13-6-18-5-7(13)9(15)16/h7H,3-6H2,1-2H3,(H,11,14)(H,15,16). The molecule has 0 radical (unpaired) electrons. The second kappa shape index (κ2) is 6.48. The zero-order chi connectivity index (χ0) is 13.7. The third-order valence-corrected chi connectivity index (χ3v) is 3.51. The lowest BCUT2D eigenvalue weighted by molar-refractivity contribution is -0.140. The number of carbonyl (C=O) groups excluding carboxylic acids is 2. The summed E-state index contributed by atoms with van der Waals surface area (Å²) in [4.78, 5) is 36.8. The number of carboxylic acids is 1. The van der Waals surface area contributed by atoms with E-state index in [0.29, 0.717) is 18.2 Å². The minimum atomic E-state index is -1.01. The van der Waals surface area contributed by atoms with Gasteiger partial charge in [0.25, 0.3) is 0 Å². The second-order valence-electron chi connectivity index (χ2n) is 3.92. The summed E-state index contributed by atoms with van der Waals surface area (Å²) in [5.74, 6) is -0.544. The summed E-state index contributed by atoms with van der Waals surface area (Å²) in [6.07, 6.45) is 0. The van der Waals surface area contributed by atoms with Crippen molar-refractivity contribution in [3.63, 3.8) is 0 Å². The molecular formula is C10H17N3O4S. The molecule has 0 bridgehead atoms. The number of nitrogens with zero attached hydrogens (tertiary/aromatic N) is 2. The maximum absolute atomic E-state index is 12.0. The summed E-state index contributed by atoms with van der Waals surface area (Å²) < 4.78 is 0. The van der Waals surface area contributed by atoms with Gasteiger partial charge < -0.3 is 20.2 Å². The largest absolute Gasteiger partial charge is 0.480 e. The van der Waals surface area contributed by atoms with E-state index in [1.165, 1.54) is 28.6 Å². The average Bonchev–Trinajstić information content (AvgIpc) is 2.76. The van der Waals surface area contributed by atoms with Crippen LogP contribution in [0.2, 0.25) is 0 Å². The normalized spacial score (nSPS) is 18.6. The third-order valence-electron chi connectivity index (χ3n) is 2.49. The first-order valence-electron chi connectivity index (χ1n) is 5.56. The summed E-state index contributed by atoms with van der Waals surface area (Å²) in [5, 5.41) is 11.6. The minimum Gasteiger partial charge on any atom is -0.480 e. The van der Waals surface area contributed by atoms with Crippen molar-refractivity contribution in [3.05, 3.63) is 0 Å². The van der Waals surface area contributed by atoms with Crippen molar-refractivity contribution in [2.24, 2.45) is 0 Å². The number of amides is 3. The van der Waals surface area contributed by atoms with E-state index in [2.05, 4.69) is 5.32 Å². The van der Waals surface area contributed by atoms with Gasteiger partial charge in [-0.05, 0) is 6.92 Å². The second-order valence-corrected chi connectivity index (χ2v) is 4.92. The predicted octanol–water partition coefficient (Wildman–Crippen LogP) is -0.366. The zero-order valence-electron chi connectivity index (χ0n) is 10.4. The van der Waals surface area contributed by atoms with E-state index >= 15 is 0 Å². The van der Waals surface area contributed by atoms with Crippen molar-refractivity contribution in [1.29, 1.82) is 0 Å². The van der Waals surface area contributed by atoms with Crippen LogP contribution in [0.4, 0.5) is 4.79 Å². The van der Waals surface area contributed by atoms with Gasteiger partial charge >= 0.3 is 12.0 Å². The van der Waals surface area contributed by atoms with Crippen molar-refractivity contribution in [3.8, 4) is 0 Å². The van der Waals surface area contributed by atoms with Gasteiger partial charge in [0.05, 0.1) is 5.88 Å². The van der Waals surface area contributed by atoms with E-state index in [0.717, 1.165) is 0 Å². The Morgan fingerprint density at radius 2 is 2.17 bits per heavy atom. The van der Waals surface area contributed by atoms with Crippen LogP contribution in [-0.2, 0) is 9.59 Å². The molecule has 1 atom stereocenters. The third kappa shape index (κ3) is 3.52. The summed E-state index contributed by atoms with van der Waals surface area (Å²) in [6.45, 7) is 2.22. The van der Waals surface area contributed by atoms with Gasteiger partial charge in [-0.2, -0.15) is 0 Å². The Hall–Kier alpha value is -1.44. The molecule has 1 saturated heterocycles. The molecule has 0 saturated carbocycles. The molecule has 0 spiro atoms. The lowest BCUT2D eigenvalue weighted by Gasteiger charge is -2.26. The molecule has 1 heterocycles. The van der Waals surface area contributed by atoms with Crippen LogP contribution in [0.15, 0.2) is 0 Å². The highest BCUT2D eigenvalue weighted by Gasteiger charge is 2.36. The first-order valence-corrected chi connectivity index (χ1v) is 6.71. The summed E-state index contributed by atoms with van der Waals surface area (Å²) >= 11 is 1.39. The molecule has 0 aromatic heterocycles. The van der Waals surface area contributed by atoms with Gasteiger partial charge in [-0.25, -0.2) is 9.59 Å². The van der Waals surface area contributed by atoms with Gasteiger partial charge in [-0.3, -0.25) is 4.79 Å². The fourth-order valence-corrected chi connectivity index (χ4v) is 2.73. The lowest BCUT2D eigenvalue weighted by Crippen LogP contribution is -2.49. The van der Waals surface area contributed by atoms with E-state index in [1.807, 2.05) is 0 Å². The molecule has 0 aromatic rings. The lowest BCUT2D eigenvalue weighted by atomic mass is 10.3. The van der Waals surface area contributed by atoms with Gasteiger partial charge in [0.15, 0.2) is 0 Å². The molecule has 0 aliphatic carbocycles. The van der Waals surface area contributed by atoms with E-state index in [9.17, 15) is 14.4 Å². The Bertz CT molecular complexity index is 350. The van der Waals surface area contributed by atoms with Crippen molar-refractivity contribution < 1.29 is 19.5 Å². The molecule has 18 heavy (non-hydrogen) atoms.